The molecule has 1 rings (SSSR count). The number of hydrogen-bond acceptors (Lipinski definition) is 1. The largest absolute Gasteiger partial charge is 0.478 e. The zero-order chi connectivity index (χ0) is 9.68. The number of nitrogens with one attached hydrogen (secondary N) is 1. The van der Waals surface area contributed by atoms with Crippen LogP contribution in [0.25, 0.3) is 0 Å². The van der Waals surface area contributed by atoms with E-state index in [2.05, 4.69) is 11.9 Å². The third kappa shape index (κ3) is 2.93. The van der Waals surface area contributed by atoms with E-state index in [0.29, 0.717) is 5.56 Å². The van der Waals surface area contributed by atoms with Crippen molar-refractivity contribution in [3.8, 4) is 0 Å². The van der Waals surface area contributed by atoms with E-state index in [0.717, 1.165) is 18.5 Å². The van der Waals surface area contributed by atoms with Crippen LogP contribution < -0.4 is 0 Å². The maximum atomic E-state index is 10.5. The Morgan fingerprint density at radius 3 is 2.85 bits per heavy atom. The number of hydrogen-bond donors (Lipinski definition) is 2. The van der Waals surface area contributed by atoms with Crippen LogP contribution in [0.2, 0.25) is 0 Å². The van der Waals surface area contributed by atoms with Crippen molar-refractivity contribution in [2.24, 2.45) is 0 Å². The Balaban J connectivity index is 2.44. The van der Waals surface area contributed by atoms with Gasteiger partial charge in [-0.2, -0.15) is 0 Å². The van der Waals surface area contributed by atoms with Crippen molar-refractivity contribution in [3.63, 3.8) is 0 Å². The summed E-state index contributed by atoms with van der Waals surface area (Å²) in [5, 5.41) is 8.65. The van der Waals surface area contributed by atoms with Crippen LogP contribution in [0.5, 0.6) is 0 Å². The Morgan fingerprint density at radius 2 is 2.31 bits per heavy atom. The van der Waals surface area contributed by atoms with E-state index in [1.807, 2.05) is 0 Å². The summed E-state index contributed by atoms with van der Waals surface area (Å²) in [7, 11) is 0. The van der Waals surface area contributed by atoms with Crippen molar-refractivity contribution >= 4 is 5.97 Å². The lowest BCUT2D eigenvalue weighted by Gasteiger charge is -1.94. The minimum atomic E-state index is -0.863. The van der Waals surface area contributed by atoms with E-state index in [-0.39, 0.29) is 0 Å². The molecule has 0 fully saturated rings. The lowest BCUT2D eigenvalue weighted by Crippen LogP contribution is -1.92. The van der Waals surface area contributed by atoms with Crippen LogP contribution in [-0.2, 0) is 6.42 Å². The third-order valence-electron chi connectivity index (χ3n) is 2.04. The van der Waals surface area contributed by atoms with Crippen molar-refractivity contribution < 1.29 is 9.90 Å². The molecular weight excluding hydrogens is 166 g/mol. The SMILES string of the molecule is CCCCCc1cc(C(=O)O)c[nH]1. The second-order valence-electron chi connectivity index (χ2n) is 3.18. The quantitative estimate of drug-likeness (QED) is 0.685. The second-order valence-corrected chi connectivity index (χ2v) is 3.18. The summed E-state index contributed by atoms with van der Waals surface area (Å²) in [6, 6.07) is 1.71. The molecule has 1 aromatic heterocycles. The van der Waals surface area contributed by atoms with E-state index >= 15 is 0 Å². The first-order valence-corrected chi connectivity index (χ1v) is 4.64. The first-order chi connectivity index (χ1) is 6.24. The van der Waals surface area contributed by atoms with E-state index in [9.17, 15) is 4.79 Å². The predicted octanol–water partition coefficient (Wildman–Crippen LogP) is 2.45. The summed E-state index contributed by atoms with van der Waals surface area (Å²) in [6.45, 7) is 2.15. The lowest BCUT2D eigenvalue weighted by atomic mass is 10.1. The molecule has 0 amide bonds. The molecule has 13 heavy (non-hydrogen) atoms. The van der Waals surface area contributed by atoms with Gasteiger partial charge in [-0.1, -0.05) is 19.8 Å². The number of rotatable bonds is 5. The van der Waals surface area contributed by atoms with Gasteiger partial charge in [-0.15, -0.1) is 0 Å². The van der Waals surface area contributed by atoms with Gasteiger partial charge in [0.15, 0.2) is 0 Å². The average Bonchev–Trinajstić information content (AvgIpc) is 2.53. The Labute approximate surface area is 77.8 Å². The molecule has 3 nitrogen and oxygen atoms in total. The number of unbranched alkanes of at least 4 members (excludes halogenated alkanes) is 2. The summed E-state index contributed by atoms with van der Waals surface area (Å²) >= 11 is 0. The molecule has 0 aliphatic carbocycles. The van der Waals surface area contributed by atoms with Crippen molar-refractivity contribution in [1.82, 2.24) is 4.98 Å². The number of aromatic nitrogens is 1. The van der Waals surface area contributed by atoms with Gasteiger partial charge in [-0.25, -0.2) is 4.79 Å². The minimum absolute atomic E-state index is 0.353. The molecule has 2 N–H and O–H groups in total. The lowest BCUT2D eigenvalue weighted by molar-refractivity contribution is 0.0697. The van der Waals surface area contributed by atoms with E-state index in [1.54, 1.807) is 12.3 Å². The Kier molecular flexibility index (Phi) is 3.55. The molecule has 1 aromatic rings. The van der Waals surface area contributed by atoms with Gasteiger partial charge in [0.05, 0.1) is 5.56 Å². The number of aryl methyl sites for hydroxylation is 1. The molecule has 3 heteroatoms. The van der Waals surface area contributed by atoms with Crippen LogP contribution in [0.1, 0.15) is 42.2 Å². The number of H-pyrrole nitrogens is 1. The molecule has 0 bridgehead atoms. The van der Waals surface area contributed by atoms with Gasteiger partial charge in [0.1, 0.15) is 0 Å². The van der Waals surface area contributed by atoms with Crippen LogP contribution >= 0.6 is 0 Å². The number of carboxylic acids is 1. The molecule has 0 saturated heterocycles. The van der Waals surface area contributed by atoms with E-state index in [1.165, 1.54) is 12.8 Å². The highest BCUT2D eigenvalue weighted by Gasteiger charge is 2.04. The predicted molar refractivity (Wildman–Crippen MR) is 51.0 cm³/mol. The summed E-state index contributed by atoms with van der Waals surface area (Å²) in [5.74, 6) is -0.863. The zero-order valence-electron chi connectivity index (χ0n) is 7.84. The van der Waals surface area contributed by atoms with E-state index in [4.69, 9.17) is 5.11 Å². The van der Waals surface area contributed by atoms with Gasteiger partial charge in [0, 0.05) is 11.9 Å². The maximum absolute atomic E-state index is 10.5. The summed E-state index contributed by atoms with van der Waals surface area (Å²) < 4.78 is 0. The highest BCUT2D eigenvalue weighted by atomic mass is 16.4. The normalized spacial score (nSPS) is 10.2. The summed E-state index contributed by atoms with van der Waals surface area (Å²) in [6.07, 6.45) is 5.99. The van der Waals surface area contributed by atoms with Crippen LogP contribution in [0.15, 0.2) is 12.3 Å². The minimum Gasteiger partial charge on any atom is -0.478 e. The zero-order valence-corrected chi connectivity index (χ0v) is 7.84. The second kappa shape index (κ2) is 4.70. The van der Waals surface area contributed by atoms with Crippen LogP contribution in [0.4, 0.5) is 0 Å². The molecule has 0 aliphatic heterocycles. The first kappa shape index (κ1) is 9.84. The fraction of sp³-hybridized carbons (Fsp3) is 0.500. The molecule has 1 heterocycles. The third-order valence-corrected chi connectivity index (χ3v) is 2.04. The fourth-order valence-corrected chi connectivity index (χ4v) is 1.27. The van der Waals surface area contributed by atoms with Crippen LogP contribution in [-0.4, -0.2) is 16.1 Å². The summed E-state index contributed by atoms with van der Waals surface area (Å²) in [4.78, 5) is 13.5. The molecule has 0 unspecified atom stereocenters. The molecule has 0 aliphatic rings. The Bertz CT molecular complexity index is 278. The van der Waals surface area contributed by atoms with Gasteiger partial charge in [-0.3, -0.25) is 0 Å². The first-order valence-electron chi connectivity index (χ1n) is 4.64. The molecule has 0 spiro atoms. The number of aromatic carboxylic acids is 1. The van der Waals surface area contributed by atoms with Crippen LogP contribution in [0, 0.1) is 0 Å². The smallest absolute Gasteiger partial charge is 0.337 e. The topological polar surface area (TPSA) is 53.1 Å². The van der Waals surface area contributed by atoms with Crippen molar-refractivity contribution in [1.29, 1.82) is 0 Å². The van der Waals surface area contributed by atoms with Gasteiger partial charge in [-0.05, 0) is 18.9 Å². The van der Waals surface area contributed by atoms with Gasteiger partial charge in [0.2, 0.25) is 0 Å². The average molecular weight is 181 g/mol. The van der Waals surface area contributed by atoms with Gasteiger partial charge in [0.25, 0.3) is 0 Å². The van der Waals surface area contributed by atoms with Crippen molar-refractivity contribution in [2.75, 3.05) is 0 Å². The maximum Gasteiger partial charge on any atom is 0.337 e. The molecule has 0 atom stereocenters. The Morgan fingerprint density at radius 1 is 1.54 bits per heavy atom. The number of aromatic amines is 1. The van der Waals surface area contributed by atoms with Crippen LogP contribution in [0.3, 0.4) is 0 Å². The van der Waals surface area contributed by atoms with Crippen molar-refractivity contribution in [3.05, 3.63) is 23.5 Å². The number of carbonyl (C=O) groups is 1. The molecule has 0 saturated carbocycles. The fourth-order valence-electron chi connectivity index (χ4n) is 1.27. The standard InChI is InChI=1S/C10H15NO2/c1-2-3-4-5-9-6-8(7-11-9)10(12)13/h6-7,11H,2-5H2,1H3,(H,12,13). The summed E-state index contributed by atoms with van der Waals surface area (Å²) in [5.41, 5.74) is 1.37. The van der Waals surface area contributed by atoms with Gasteiger partial charge < -0.3 is 10.1 Å². The molecule has 0 radical (unpaired) electrons. The van der Waals surface area contributed by atoms with Crippen molar-refractivity contribution in [2.45, 2.75) is 32.6 Å². The number of carboxylic acid groups (broad SMARTS) is 1. The highest BCUT2D eigenvalue weighted by molar-refractivity contribution is 5.87. The molecule has 72 valence electrons. The van der Waals surface area contributed by atoms with E-state index < -0.39 is 5.97 Å². The monoisotopic (exact) mass is 181 g/mol. The highest BCUT2D eigenvalue weighted by Crippen LogP contribution is 2.07. The van der Waals surface area contributed by atoms with Gasteiger partial charge >= 0.3 is 5.97 Å². The Hall–Kier alpha value is -1.25. The molecule has 0 aromatic carbocycles. The molecular formula is C10H15NO2.